The Morgan fingerprint density at radius 3 is 2.36 bits per heavy atom. The average Bonchev–Trinajstić information content (AvgIpc) is 2.61. The van der Waals surface area contributed by atoms with Crippen LogP contribution in [0.15, 0.2) is 70.5 Å². The molecule has 0 bridgehead atoms. The fourth-order valence-corrected chi connectivity index (χ4v) is 2.59. The molecular formula is C19H17FN2O3. The van der Waals surface area contributed by atoms with Crippen molar-refractivity contribution in [2.45, 2.75) is 19.7 Å². The minimum absolute atomic E-state index is 0.145. The topological polar surface area (TPSA) is 64.2 Å². The van der Waals surface area contributed by atoms with Crippen LogP contribution in [0, 0.1) is 5.82 Å². The van der Waals surface area contributed by atoms with Gasteiger partial charge in [-0.3, -0.25) is 9.59 Å². The number of benzene rings is 1. The predicted octanol–water partition coefficient (Wildman–Crippen LogP) is 1.74. The number of hydrogen-bond acceptors (Lipinski definition) is 3. The normalized spacial score (nSPS) is 10.8. The standard InChI is InChI=1S/C19H17FN2O3/c20-17-9-14(10-22-11-15(13-23)5-7-19(22)25)4-6-16(17)12-21-8-2-1-3-18(21)24/h1-9,11,23H,10,12-13H2. The number of halogens is 1. The third-order valence-electron chi connectivity index (χ3n) is 3.94. The SMILES string of the molecule is O=c1ccc(CO)cn1Cc1ccc(Cn2ccccc2=O)c(F)c1. The highest BCUT2D eigenvalue weighted by Crippen LogP contribution is 2.12. The molecule has 3 rings (SSSR count). The summed E-state index contributed by atoms with van der Waals surface area (Å²) in [5, 5.41) is 9.16. The Bertz CT molecular complexity index is 1010. The zero-order valence-electron chi connectivity index (χ0n) is 13.4. The van der Waals surface area contributed by atoms with Crippen molar-refractivity contribution in [3.8, 4) is 0 Å². The van der Waals surface area contributed by atoms with Gasteiger partial charge in [-0.15, -0.1) is 0 Å². The minimum atomic E-state index is -0.431. The van der Waals surface area contributed by atoms with Gasteiger partial charge in [0.05, 0.1) is 19.7 Å². The second-order valence-electron chi connectivity index (χ2n) is 5.75. The van der Waals surface area contributed by atoms with Crippen LogP contribution in [0.1, 0.15) is 16.7 Å². The number of aromatic nitrogens is 2. The lowest BCUT2D eigenvalue weighted by Gasteiger charge is -2.10. The van der Waals surface area contributed by atoms with E-state index in [4.69, 9.17) is 5.11 Å². The van der Waals surface area contributed by atoms with Crippen LogP contribution in [0.4, 0.5) is 4.39 Å². The van der Waals surface area contributed by atoms with E-state index in [1.165, 1.54) is 27.3 Å². The van der Waals surface area contributed by atoms with E-state index in [1.807, 2.05) is 0 Å². The Morgan fingerprint density at radius 2 is 1.64 bits per heavy atom. The molecular weight excluding hydrogens is 323 g/mol. The predicted molar refractivity (Wildman–Crippen MR) is 91.9 cm³/mol. The van der Waals surface area contributed by atoms with Gasteiger partial charge in [-0.05, 0) is 29.3 Å². The van der Waals surface area contributed by atoms with Gasteiger partial charge in [0.2, 0.25) is 0 Å². The van der Waals surface area contributed by atoms with Gasteiger partial charge in [0.1, 0.15) is 5.82 Å². The van der Waals surface area contributed by atoms with Crippen molar-refractivity contribution in [2.24, 2.45) is 0 Å². The van der Waals surface area contributed by atoms with Crippen LogP contribution < -0.4 is 11.1 Å². The number of aliphatic hydroxyl groups is 1. The summed E-state index contributed by atoms with van der Waals surface area (Å²) in [6.45, 7) is 0.181. The van der Waals surface area contributed by atoms with E-state index in [0.717, 1.165) is 0 Å². The maximum Gasteiger partial charge on any atom is 0.250 e. The lowest BCUT2D eigenvalue weighted by Crippen LogP contribution is -2.20. The molecule has 1 N–H and O–H groups in total. The first-order valence-corrected chi connectivity index (χ1v) is 7.80. The molecule has 1 aromatic carbocycles. The van der Waals surface area contributed by atoms with Gasteiger partial charge in [0.15, 0.2) is 0 Å². The molecule has 25 heavy (non-hydrogen) atoms. The molecule has 0 spiro atoms. The molecule has 0 unspecified atom stereocenters. The van der Waals surface area contributed by atoms with Crippen molar-refractivity contribution < 1.29 is 9.50 Å². The number of nitrogens with zero attached hydrogens (tertiary/aromatic N) is 2. The van der Waals surface area contributed by atoms with Crippen molar-refractivity contribution in [3.63, 3.8) is 0 Å². The van der Waals surface area contributed by atoms with Gasteiger partial charge in [0.25, 0.3) is 11.1 Å². The molecule has 0 aliphatic carbocycles. The summed E-state index contributed by atoms with van der Waals surface area (Å²) in [6, 6.07) is 12.4. The van der Waals surface area contributed by atoms with E-state index in [-0.39, 0.29) is 30.8 Å². The number of rotatable bonds is 5. The Labute approximate surface area is 143 Å². The van der Waals surface area contributed by atoms with Crippen molar-refractivity contribution in [3.05, 3.63) is 104 Å². The molecule has 128 valence electrons. The third-order valence-corrected chi connectivity index (χ3v) is 3.94. The second kappa shape index (κ2) is 7.27. The molecule has 0 amide bonds. The molecule has 2 aromatic heterocycles. The van der Waals surface area contributed by atoms with Gasteiger partial charge in [0, 0.05) is 30.1 Å². The van der Waals surface area contributed by atoms with Gasteiger partial charge in [-0.1, -0.05) is 18.2 Å². The Hall–Kier alpha value is -2.99. The van der Waals surface area contributed by atoms with Crippen LogP contribution in [0.2, 0.25) is 0 Å². The lowest BCUT2D eigenvalue weighted by atomic mass is 10.1. The lowest BCUT2D eigenvalue weighted by molar-refractivity contribution is 0.280. The van der Waals surface area contributed by atoms with Crippen molar-refractivity contribution in [2.75, 3.05) is 0 Å². The molecule has 0 radical (unpaired) electrons. The van der Waals surface area contributed by atoms with Crippen molar-refractivity contribution in [1.82, 2.24) is 9.13 Å². The van der Waals surface area contributed by atoms with Crippen molar-refractivity contribution in [1.29, 1.82) is 0 Å². The fourth-order valence-electron chi connectivity index (χ4n) is 2.59. The largest absolute Gasteiger partial charge is 0.392 e. The highest BCUT2D eigenvalue weighted by molar-refractivity contribution is 5.25. The van der Waals surface area contributed by atoms with Gasteiger partial charge >= 0.3 is 0 Å². The molecule has 0 aliphatic heterocycles. The van der Waals surface area contributed by atoms with E-state index in [2.05, 4.69) is 0 Å². The van der Waals surface area contributed by atoms with Gasteiger partial charge < -0.3 is 14.2 Å². The average molecular weight is 340 g/mol. The highest BCUT2D eigenvalue weighted by atomic mass is 19.1. The summed E-state index contributed by atoms with van der Waals surface area (Å²) >= 11 is 0. The molecule has 0 aliphatic rings. The molecule has 0 atom stereocenters. The first-order chi connectivity index (χ1) is 12.1. The Balaban J connectivity index is 1.84. The number of hydrogen-bond donors (Lipinski definition) is 1. The zero-order chi connectivity index (χ0) is 17.8. The highest BCUT2D eigenvalue weighted by Gasteiger charge is 2.07. The molecule has 0 fully saturated rings. The maximum absolute atomic E-state index is 14.4. The van der Waals surface area contributed by atoms with Crippen LogP contribution in [0.5, 0.6) is 0 Å². The minimum Gasteiger partial charge on any atom is -0.392 e. The summed E-state index contributed by atoms with van der Waals surface area (Å²) in [5.41, 5.74) is 1.21. The molecule has 5 nitrogen and oxygen atoms in total. The fraction of sp³-hybridized carbons (Fsp3) is 0.158. The number of pyridine rings is 2. The van der Waals surface area contributed by atoms with Crippen LogP contribution >= 0.6 is 0 Å². The summed E-state index contributed by atoms with van der Waals surface area (Å²) in [5.74, 6) is -0.431. The van der Waals surface area contributed by atoms with E-state index in [9.17, 15) is 14.0 Å². The third kappa shape index (κ3) is 3.92. The Kier molecular flexibility index (Phi) is 4.90. The van der Waals surface area contributed by atoms with Crippen molar-refractivity contribution >= 4 is 0 Å². The monoisotopic (exact) mass is 340 g/mol. The van der Waals surface area contributed by atoms with Gasteiger partial charge in [-0.2, -0.15) is 0 Å². The van der Waals surface area contributed by atoms with Gasteiger partial charge in [-0.25, -0.2) is 4.39 Å². The quantitative estimate of drug-likeness (QED) is 0.769. The smallest absolute Gasteiger partial charge is 0.250 e. The molecule has 6 heteroatoms. The number of aliphatic hydroxyl groups excluding tert-OH is 1. The molecule has 3 aromatic rings. The summed E-state index contributed by atoms with van der Waals surface area (Å²) in [6.07, 6.45) is 3.16. The second-order valence-corrected chi connectivity index (χ2v) is 5.75. The van der Waals surface area contributed by atoms with Crippen LogP contribution in [-0.4, -0.2) is 14.2 Å². The van der Waals surface area contributed by atoms with Crippen LogP contribution in [0.3, 0.4) is 0 Å². The van der Waals surface area contributed by atoms with E-state index in [1.54, 1.807) is 42.7 Å². The summed E-state index contributed by atoms with van der Waals surface area (Å²) in [4.78, 5) is 23.6. The maximum atomic E-state index is 14.4. The van der Waals surface area contributed by atoms with Crippen LogP contribution in [-0.2, 0) is 19.7 Å². The molecule has 2 heterocycles. The summed E-state index contributed by atoms with van der Waals surface area (Å²) in [7, 11) is 0. The first-order valence-electron chi connectivity index (χ1n) is 7.80. The van der Waals surface area contributed by atoms with E-state index >= 15 is 0 Å². The van der Waals surface area contributed by atoms with Crippen LogP contribution in [0.25, 0.3) is 0 Å². The first kappa shape index (κ1) is 16.9. The summed E-state index contributed by atoms with van der Waals surface area (Å²) < 4.78 is 17.2. The zero-order valence-corrected chi connectivity index (χ0v) is 13.4. The molecule has 0 saturated carbocycles. The van der Waals surface area contributed by atoms with E-state index in [0.29, 0.717) is 16.7 Å². The Morgan fingerprint density at radius 1 is 0.880 bits per heavy atom. The molecule has 0 saturated heterocycles. The van der Waals surface area contributed by atoms with E-state index < -0.39 is 5.82 Å².